The Balaban J connectivity index is 1.49. The number of hydrogen-bond donors (Lipinski definition) is 5. The normalized spacial score (nSPS) is 21.0. The Hall–Kier alpha value is -2.70. The highest BCUT2D eigenvalue weighted by atomic mass is 32.2. The number of aromatic hydroxyl groups is 1. The zero-order valence-corrected chi connectivity index (χ0v) is 19.8. The summed E-state index contributed by atoms with van der Waals surface area (Å²) in [4.78, 5) is 30.2. The third-order valence-electron chi connectivity index (χ3n) is 5.98. The molecule has 1 amide bonds. The molecule has 1 aromatic heterocycles. The van der Waals surface area contributed by atoms with Gasteiger partial charge in [-0.3, -0.25) is 25.7 Å². The number of likely N-dealkylation sites (N-methyl/N-ethyl adjacent to an activating group) is 1. The number of aromatic nitrogens is 1. The Kier molecular flexibility index (Phi) is 6.83. The van der Waals surface area contributed by atoms with Gasteiger partial charge in [0.05, 0.1) is 16.6 Å². The number of amides is 1. The van der Waals surface area contributed by atoms with Gasteiger partial charge < -0.3 is 15.0 Å². The van der Waals surface area contributed by atoms with Crippen molar-refractivity contribution < 1.29 is 18.7 Å². The first-order valence-corrected chi connectivity index (χ1v) is 12.5. The lowest BCUT2D eigenvalue weighted by Crippen LogP contribution is -2.48. The lowest BCUT2D eigenvalue weighted by atomic mass is 10.1. The average Bonchev–Trinajstić information content (AvgIpc) is 3.53. The molecule has 34 heavy (non-hydrogen) atoms. The van der Waals surface area contributed by atoms with Gasteiger partial charge in [0.15, 0.2) is 11.4 Å². The second kappa shape index (κ2) is 9.51. The molecular weight excluding hydrogens is 484 g/mol. The van der Waals surface area contributed by atoms with Gasteiger partial charge in [0.1, 0.15) is 22.3 Å². The number of carbonyl (C=O) groups is 1. The molecule has 2 aliphatic rings. The molecule has 2 fully saturated rings. The fraction of sp³-hybridized carbons (Fsp3) is 0.364. The first kappa shape index (κ1) is 24.4. The van der Waals surface area contributed by atoms with E-state index in [-0.39, 0.29) is 39.4 Å². The topological polar surface area (TPSA) is 143 Å². The van der Waals surface area contributed by atoms with E-state index in [2.05, 4.69) is 10.3 Å². The number of pyridine rings is 1. The lowest BCUT2D eigenvalue weighted by molar-refractivity contribution is 0.0630. The second-order valence-corrected chi connectivity index (χ2v) is 10.3. The number of H-pyrrole nitrogens is 1. The summed E-state index contributed by atoms with van der Waals surface area (Å²) in [5.74, 6) is -1.06. The maximum Gasteiger partial charge on any atom is 0.275 e. The van der Waals surface area contributed by atoms with E-state index < -0.39 is 34.4 Å². The van der Waals surface area contributed by atoms with Crippen LogP contribution in [0.3, 0.4) is 0 Å². The van der Waals surface area contributed by atoms with E-state index in [1.807, 2.05) is 18.7 Å². The number of halogens is 2. The van der Waals surface area contributed by atoms with Crippen molar-refractivity contribution >= 4 is 39.5 Å². The number of aromatic amines is 1. The fourth-order valence-corrected chi connectivity index (χ4v) is 6.11. The monoisotopic (exact) mass is 507 g/mol. The van der Waals surface area contributed by atoms with Gasteiger partial charge in [0.25, 0.3) is 5.91 Å². The molecule has 4 rings (SSSR count). The Labute approximate surface area is 202 Å². The molecule has 2 aromatic rings. The van der Waals surface area contributed by atoms with Crippen molar-refractivity contribution in [3.63, 3.8) is 0 Å². The van der Waals surface area contributed by atoms with Crippen molar-refractivity contribution in [2.45, 2.75) is 31.5 Å². The predicted molar refractivity (Wildman–Crippen MR) is 129 cm³/mol. The highest BCUT2D eigenvalue weighted by molar-refractivity contribution is 8.26. The van der Waals surface area contributed by atoms with Crippen LogP contribution in [0.2, 0.25) is 0 Å². The number of benzene rings is 1. The SMILES string of the molecule is CCN(C(=O)c1[nH]cc(C(=N)SC(=N)Cc2ccc(F)cc2F)c(=O)c1O)C12CCSCC1N2. The summed E-state index contributed by atoms with van der Waals surface area (Å²) in [6.45, 7) is 2.22. The van der Waals surface area contributed by atoms with Crippen molar-refractivity contribution in [2.75, 3.05) is 18.1 Å². The maximum atomic E-state index is 13.8. The van der Waals surface area contributed by atoms with Gasteiger partial charge in [-0.1, -0.05) is 17.8 Å². The van der Waals surface area contributed by atoms with E-state index in [9.17, 15) is 23.5 Å². The average molecular weight is 508 g/mol. The van der Waals surface area contributed by atoms with Crippen molar-refractivity contribution in [1.29, 1.82) is 10.8 Å². The highest BCUT2D eigenvalue weighted by Gasteiger charge is 2.60. The Bertz CT molecular complexity index is 1240. The molecule has 0 saturated carbocycles. The molecule has 12 heteroatoms. The van der Waals surface area contributed by atoms with Gasteiger partial charge in [-0.05, 0) is 30.7 Å². The quantitative estimate of drug-likeness (QED) is 0.231. The van der Waals surface area contributed by atoms with Gasteiger partial charge in [-0.25, -0.2) is 8.78 Å². The summed E-state index contributed by atoms with van der Waals surface area (Å²) < 4.78 is 26.9. The highest BCUT2D eigenvalue weighted by Crippen LogP contribution is 2.42. The van der Waals surface area contributed by atoms with Crippen molar-refractivity contribution in [2.24, 2.45) is 0 Å². The number of rotatable bonds is 6. The van der Waals surface area contributed by atoms with Crippen LogP contribution < -0.4 is 10.7 Å². The molecule has 0 aliphatic carbocycles. The fourth-order valence-electron chi connectivity index (χ4n) is 4.16. The number of thioether (sulfide) groups is 2. The summed E-state index contributed by atoms with van der Waals surface area (Å²) in [5.41, 5.74) is -1.77. The van der Waals surface area contributed by atoms with Gasteiger partial charge in [-0.2, -0.15) is 11.8 Å². The van der Waals surface area contributed by atoms with Gasteiger partial charge in [0, 0.05) is 31.0 Å². The summed E-state index contributed by atoms with van der Waals surface area (Å²) in [6, 6.07) is 3.17. The first-order valence-electron chi connectivity index (χ1n) is 10.6. The summed E-state index contributed by atoms with van der Waals surface area (Å²) in [5, 5.41) is 29.6. The molecule has 0 radical (unpaired) electrons. The van der Waals surface area contributed by atoms with Gasteiger partial charge in [0.2, 0.25) is 5.43 Å². The zero-order valence-electron chi connectivity index (χ0n) is 18.2. The minimum absolute atomic E-state index is 0.0801. The Morgan fingerprint density at radius 2 is 2.15 bits per heavy atom. The summed E-state index contributed by atoms with van der Waals surface area (Å²) in [7, 11) is 0. The third kappa shape index (κ3) is 4.49. The van der Waals surface area contributed by atoms with Crippen molar-refractivity contribution in [1.82, 2.24) is 15.2 Å². The van der Waals surface area contributed by atoms with E-state index in [1.165, 1.54) is 6.07 Å². The number of nitrogens with one attached hydrogen (secondary N) is 4. The van der Waals surface area contributed by atoms with Crippen LogP contribution in [0.1, 0.15) is 35.0 Å². The smallest absolute Gasteiger partial charge is 0.275 e. The van der Waals surface area contributed by atoms with Crippen LogP contribution in [-0.2, 0) is 6.42 Å². The second-order valence-electron chi connectivity index (χ2n) is 8.02. The molecule has 0 spiro atoms. The summed E-state index contributed by atoms with van der Waals surface area (Å²) >= 11 is 2.41. The molecule has 0 bridgehead atoms. The van der Waals surface area contributed by atoms with E-state index >= 15 is 0 Å². The van der Waals surface area contributed by atoms with Crippen LogP contribution in [0.15, 0.2) is 29.2 Å². The van der Waals surface area contributed by atoms with Crippen LogP contribution in [0.4, 0.5) is 8.78 Å². The molecule has 2 unspecified atom stereocenters. The van der Waals surface area contributed by atoms with Gasteiger partial charge >= 0.3 is 0 Å². The Morgan fingerprint density at radius 1 is 1.38 bits per heavy atom. The van der Waals surface area contributed by atoms with Crippen LogP contribution in [0.25, 0.3) is 0 Å². The third-order valence-corrected chi connectivity index (χ3v) is 7.86. The van der Waals surface area contributed by atoms with Crippen LogP contribution in [0.5, 0.6) is 5.75 Å². The maximum absolute atomic E-state index is 13.8. The number of carbonyl (C=O) groups excluding carboxylic acids is 1. The molecule has 5 N–H and O–H groups in total. The van der Waals surface area contributed by atoms with E-state index in [0.29, 0.717) is 24.4 Å². The van der Waals surface area contributed by atoms with Crippen LogP contribution in [0, 0.1) is 22.5 Å². The molecule has 3 heterocycles. The van der Waals surface area contributed by atoms with Crippen LogP contribution in [-0.4, -0.2) is 60.7 Å². The standard InChI is InChI=1S/C22H23F2N5O3S2/c1-2-29(22-5-6-33-10-15(22)28-22)21(32)17-19(31)18(30)13(9-27-17)20(26)34-16(25)7-11-3-4-12(23)8-14(11)24/h3-4,8-9,15,25-26,28,31H,2,5-7,10H2,1H3,(H,27,30). The minimum atomic E-state index is -0.909. The van der Waals surface area contributed by atoms with Gasteiger partial charge in [-0.15, -0.1) is 0 Å². The molecule has 2 atom stereocenters. The molecule has 8 nitrogen and oxygen atoms in total. The largest absolute Gasteiger partial charge is 0.503 e. The first-order chi connectivity index (χ1) is 16.2. The van der Waals surface area contributed by atoms with E-state index in [4.69, 9.17) is 10.8 Å². The lowest BCUT2D eigenvalue weighted by Gasteiger charge is -2.32. The van der Waals surface area contributed by atoms with E-state index in [0.717, 1.165) is 30.2 Å². The van der Waals surface area contributed by atoms with Crippen molar-refractivity contribution in [3.8, 4) is 5.75 Å². The summed E-state index contributed by atoms with van der Waals surface area (Å²) in [6.07, 6.45) is 1.74. The van der Waals surface area contributed by atoms with Crippen molar-refractivity contribution in [3.05, 3.63) is 63.1 Å². The molecule has 1 aromatic carbocycles. The zero-order chi connectivity index (χ0) is 24.6. The number of hydrogen-bond acceptors (Lipinski definition) is 8. The Morgan fingerprint density at radius 3 is 2.82 bits per heavy atom. The predicted octanol–water partition coefficient (Wildman–Crippen LogP) is 2.90. The number of fused-ring (bicyclic) bond motifs is 1. The molecule has 2 saturated heterocycles. The molecule has 180 valence electrons. The number of nitrogens with zero attached hydrogens (tertiary/aromatic N) is 1. The molecule has 2 aliphatic heterocycles. The van der Waals surface area contributed by atoms with E-state index in [1.54, 1.807) is 4.90 Å². The minimum Gasteiger partial charge on any atom is -0.503 e. The van der Waals surface area contributed by atoms with Crippen LogP contribution >= 0.6 is 23.5 Å². The molecular formula is C22H23F2N5O3S2.